The van der Waals surface area contributed by atoms with Gasteiger partial charge in [0.25, 0.3) is 0 Å². The van der Waals surface area contributed by atoms with Crippen molar-refractivity contribution in [1.82, 2.24) is 0 Å². The van der Waals surface area contributed by atoms with Crippen molar-refractivity contribution in [2.24, 2.45) is 0 Å². The summed E-state index contributed by atoms with van der Waals surface area (Å²) in [6.45, 7) is 0. The molecule has 0 heterocycles. The fourth-order valence-electron chi connectivity index (χ4n) is 0. The van der Waals surface area contributed by atoms with Gasteiger partial charge < -0.3 is 0 Å². The van der Waals surface area contributed by atoms with Gasteiger partial charge in [-0.3, -0.25) is 0 Å². The van der Waals surface area contributed by atoms with E-state index in [2.05, 4.69) is 0 Å². The topological polar surface area (TPSA) is 0 Å². The minimum Gasteiger partial charge on any atom is 0 e. The monoisotopic (exact) mass is 297 g/mol. The summed E-state index contributed by atoms with van der Waals surface area (Å²) in [5, 5.41) is 0. The molecule has 0 aromatic heterocycles. The Hall–Kier alpha value is 5.01. The van der Waals surface area contributed by atoms with Crippen LogP contribution in [0, 0.1) is 0 Å². The maximum atomic E-state index is 4.95. The van der Waals surface area contributed by atoms with Crippen molar-refractivity contribution < 1.29 is 36.5 Å². The fourth-order valence-corrected chi connectivity index (χ4v) is 0. The maximum Gasteiger partial charge on any atom is 0.316 e. The van der Waals surface area contributed by atoms with Crippen LogP contribution in [0.5, 0.6) is 0 Å². The van der Waals surface area contributed by atoms with Crippen molar-refractivity contribution >= 4 is 104 Å². The molecule has 0 atom stereocenters. The molecule has 1 radical (unpaired) electrons. The molecule has 0 saturated heterocycles. The van der Waals surface area contributed by atoms with Crippen LogP contribution in [-0.2, 0) is 36.5 Å². The van der Waals surface area contributed by atoms with Gasteiger partial charge >= 0.3 is 104 Å². The Kier molecular flexibility index (Phi) is 129. The number of halogens is 2. The van der Waals surface area contributed by atoms with Gasteiger partial charge in [-0.25, -0.2) is 0 Å². The van der Waals surface area contributed by atoms with Crippen molar-refractivity contribution in [3.8, 4) is 0 Å². The van der Waals surface area contributed by atoms with Gasteiger partial charge in [0, 0.05) is 36.5 Å². The molecule has 7 heteroatoms. The third-order valence-electron chi connectivity index (χ3n) is 0. The zero-order valence-corrected chi connectivity index (χ0v) is 10.4. The van der Waals surface area contributed by atoms with E-state index in [1.807, 2.05) is 0 Å². The van der Waals surface area contributed by atoms with Gasteiger partial charge in [0.15, 0.2) is 0 Å². The van der Waals surface area contributed by atoms with Crippen molar-refractivity contribution in [1.29, 1.82) is 0 Å². The molecule has 0 aromatic rings. The van der Waals surface area contributed by atoms with E-state index in [0.717, 1.165) is 0 Å². The molecule has 0 N–H and O–H groups in total. The third kappa shape index (κ3) is 35.6. The van der Waals surface area contributed by atoms with E-state index in [-0.39, 0.29) is 97.3 Å². The first-order chi connectivity index (χ1) is 1.41. The van der Waals surface area contributed by atoms with Gasteiger partial charge in [0.2, 0.25) is 0 Å². The molecule has 0 rings (SSSR count). The summed E-state index contributed by atoms with van der Waals surface area (Å²) < 4.78 is 0. The smallest absolute Gasteiger partial charge is 0 e. The Morgan fingerprint density at radius 3 is 1.14 bits per heavy atom. The Bertz CT molecular complexity index is 15.7. The minimum absolute atomic E-state index is 0. The van der Waals surface area contributed by atoms with E-state index in [1.54, 1.807) is 0 Å². The van der Waals surface area contributed by atoms with Gasteiger partial charge in [0.05, 0.1) is 0 Å². The second-order valence-electron chi connectivity index (χ2n) is 0.101. The van der Waals surface area contributed by atoms with Crippen LogP contribution in [0.1, 0.15) is 0 Å². The molecule has 0 nitrogen and oxygen atoms in total. The molecule has 0 spiro atoms. The number of hydrogen-bond donors (Lipinski definition) is 0. The molecule has 0 saturated carbocycles. The first-order valence-electron chi connectivity index (χ1n) is 0.535. The van der Waals surface area contributed by atoms with Crippen molar-refractivity contribution in [2.75, 3.05) is 0 Å². The Morgan fingerprint density at radius 2 is 1.14 bits per heavy atom. The number of rotatable bonds is 0. The first-order valence-corrected chi connectivity index (χ1v) is 6.61. The van der Waals surface area contributed by atoms with Crippen LogP contribution < -0.4 is 0 Å². The Morgan fingerprint density at radius 1 is 1.14 bits per heavy atom. The summed E-state index contributed by atoms with van der Waals surface area (Å²) in [4.78, 5) is 0. The molecular formula is H4Ca2Cl2MgMnZn. The standard InChI is InChI=1S/2Ca.2ClH.Mg.Mn.Zn.4H/h;;2*1H;;;;;;;/q;+2;;;;;;;;;/p-2. The van der Waals surface area contributed by atoms with Crippen LogP contribution >= 0.6 is 12.8 Å². The molecule has 0 aliphatic heterocycles. The second-order valence-corrected chi connectivity index (χ2v) is 3.75. The van der Waals surface area contributed by atoms with E-state index in [9.17, 15) is 0 Å². The SMILES string of the molecule is [CaH2].[Cl][Ca][Cl].[MgH2].[Mn].[Zn]. The van der Waals surface area contributed by atoms with E-state index < -0.39 is 30.8 Å². The van der Waals surface area contributed by atoms with Crippen LogP contribution in [0.15, 0.2) is 0 Å². The summed E-state index contributed by atoms with van der Waals surface area (Å²) >= 11 is -0.931. The van der Waals surface area contributed by atoms with Crippen molar-refractivity contribution in [3.63, 3.8) is 0 Å². The average molecular weight is 300 g/mol. The summed E-state index contributed by atoms with van der Waals surface area (Å²) in [6, 6.07) is 0. The Labute approximate surface area is 137 Å². The van der Waals surface area contributed by atoms with Gasteiger partial charge in [-0.05, 0) is 0 Å². The van der Waals surface area contributed by atoms with Gasteiger partial charge in [-0.2, -0.15) is 0 Å². The third-order valence-corrected chi connectivity index (χ3v) is 0. The van der Waals surface area contributed by atoms with Crippen LogP contribution in [0.3, 0.4) is 0 Å². The van der Waals surface area contributed by atoms with Crippen LogP contribution in [-0.4, -0.2) is 91.6 Å². The summed E-state index contributed by atoms with van der Waals surface area (Å²) in [5.41, 5.74) is 0. The van der Waals surface area contributed by atoms with E-state index in [0.29, 0.717) is 0 Å². The largest absolute Gasteiger partial charge is 0.316 e. The van der Waals surface area contributed by atoms with Gasteiger partial charge in [0.1, 0.15) is 0 Å². The molecule has 0 aliphatic rings. The summed E-state index contributed by atoms with van der Waals surface area (Å²) in [7, 11) is 0. The normalized spacial score (nSPS) is 1.43. The molecule has 7 heavy (non-hydrogen) atoms. The molecule has 0 amide bonds. The second kappa shape index (κ2) is 30.5. The fraction of sp³-hybridized carbons (Fsp3) is 0. The van der Waals surface area contributed by atoms with E-state index in [4.69, 9.17) is 12.8 Å². The van der Waals surface area contributed by atoms with Crippen LogP contribution in [0.2, 0.25) is 0 Å². The molecule has 0 aromatic carbocycles. The average Bonchev–Trinajstić information content (AvgIpc) is 0.918. The molecule has 0 bridgehead atoms. The van der Waals surface area contributed by atoms with E-state index >= 15 is 0 Å². The summed E-state index contributed by atoms with van der Waals surface area (Å²) in [6.07, 6.45) is 9.90. The van der Waals surface area contributed by atoms with Crippen LogP contribution in [0.25, 0.3) is 0 Å². The summed E-state index contributed by atoms with van der Waals surface area (Å²) in [5.74, 6) is 0. The zero-order valence-electron chi connectivity index (χ0n) is 2.55. The first kappa shape index (κ1) is 29.6. The minimum atomic E-state index is -0.931. The molecule has 0 fully saturated rings. The zero-order chi connectivity index (χ0) is 2.71. The van der Waals surface area contributed by atoms with Crippen molar-refractivity contribution in [2.45, 2.75) is 0 Å². The molecular weight excluding hydrogens is 296 g/mol. The van der Waals surface area contributed by atoms with Crippen molar-refractivity contribution in [3.05, 3.63) is 0 Å². The predicted octanol–water partition coefficient (Wildman–Crippen LogP) is -0.839. The van der Waals surface area contributed by atoms with Crippen LogP contribution in [0.4, 0.5) is 0 Å². The van der Waals surface area contributed by atoms with E-state index in [1.165, 1.54) is 0 Å². The predicted molar refractivity (Wildman–Crippen MR) is 34.5 cm³/mol. The van der Waals surface area contributed by atoms with Gasteiger partial charge in [-0.15, -0.1) is 0 Å². The Balaban J connectivity index is -0.00000000333. The quantitative estimate of drug-likeness (QED) is 0.512. The molecule has 33 valence electrons. The maximum absolute atomic E-state index is 4.95. The van der Waals surface area contributed by atoms with Gasteiger partial charge in [-0.1, -0.05) is 0 Å². The molecule has 0 unspecified atom stereocenters. The molecule has 0 aliphatic carbocycles. The number of hydrogen-bond acceptors (Lipinski definition) is 0.